The number of Topliss-reactive ketones (excluding diaryl/α,β-unsaturated/α-hetero) is 1. The maximum Gasteiger partial charge on any atom is 0.232 e. The highest BCUT2D eigenvalue weighted by molar-refractivity contribution is 7.92. The molecule has 1 unspecified atom stereocenters. The first kappa shape index (κ1) is 32.3. The number of rotatable bonds is 13. The van der Waals surface area contributed by atoms with Gasteiger partial charge in [-0.2, -0.15) is 0 Å². The Morgan fingerprint density at radius 1 is 0.957 bits per heavy atom. The molecule has 1 heterocycles. The summed E-state index contributed by atoms with van der Waals surface area (Å²) in [6, 6.07) is 30.3. The largest absolute Gasteiger partial charge is 0.492 e. The first-order valence-electron chi connectivity index (χ1n) is 15.6. The van der Waals surface area contributed by atoms with Crippen LogP contribution in [0, 0.1) is 0 Å². The Morgan fingerprint density at radius 3 is 2.46 bits per heavy atom. The number of hydrogen-bond acceptors (Lipinski definition) is 6. The fourth-order valence-electron chi connectivity index (χ4n) is 6.05. The summed E-state index contributed by atoms with van der Waals surface area (Å²) >= 11 is 8.37. The highest BCUT2D eigenvalue weighted by Gasteiger charge is 2.23. The lowest BCUT2D eigenvalue weighted by molar-refractivity contribution is 0.0985. The number of thiophene rings is 1. The molecule has 1 aromatic heterocycles. The fraction of sp³-hybridized carbons (Fsp3) is 0.270. The van der Waals surface area contributed by atoms with E-state index in [1.54, 1.807) is 18.2 Å². The average Bonchev–Trinajstić information content (AvgIpc) is 3.45. The number of aryl methyl sites for hydroxylation is 2. The van der Waals surface area contributed by atoms with Crippen LogP contribution in [0.15, 0.2) is 97.1 Å². The van der Waals surface area contributed by atoms with Crippen molar-refractivity contribution in [1.82, 2.24) is 5.32 Å². The van der Waals surface area contributed by atoms with Crippen LogP contribution in [-0.2, 0) is 29.4 Å². The van der Waals surface area contributed by atoms with Gasteiger partial charge in [-0.3, -0.25) is 9.10 Å². The van der Waals surface area contributed by atoms with Crippen molar-refractivity contribution in [3.05, 3.63) is 129 Å². The monoisotopic (exact) mass is 672 g/mol. The second kappa shape index (κ2) is 14.4. The van der Waals surface area contributed by atoms with Crippen molar-refractivity contribution in [3.63, 3.8) is 0 Å². The van der Waals surface area contributed by atoms with E-state index >= 15 is 0 Å². The third-order valence-electron chi connectivity index (χ3n) is 8.43. The van der Waals surface area contributed by atoms with Crippen molar-refractivity contribution in [2.45, 2.75) is 44.7 Å². The predicted molar refractivity (Wildman–Crippen MR) is 189 cm³/mol. The number of halogens is 1. The van der Waals surface area contributed by atoms with Gasteiger partial charge in [0.2, 0.25) is 10.0 Å². The molecule has 9 heteroatoms. The van der Waals surface area contributed by atoms with Gasteiger partial charge in [0.25, 0.3) is 0 Å². The SMILES string of the molecule is CS(=O)(=O)N(Cc1ccccc1)c1cc(C(=O)CNC(CCOc2cccc3c4c(sc23)CCCC4)c2ccccc2)ccc1Cl. The summed E-state index contributed by atoms with van der Waals surface area (Å²) in [5, 5.41) is 5.02. The van der Waals surface area contributed by atoms with E-state index in [9.17, 15) is 13.2 Å². The summed E-state index contributed by atoms with van der Waals surface area (Å²) in [7, 11) is -3.68. The molecule has 1 aliphatic carbocycles. The van der Waals surface area contributed by atoms with Gasteiger partial charge in [-0.15, -0.1) is 11.3 Å². The fourth-order valence-corrected chi connectivity index (χ4v) is 8.57. The number of ketones is 1. The molecule has 6 nitrogen and oxygen atoms in total. The Hall–Kier alpha value is -3.69. The van der Waals surface area contributed by atoms with Crippen LogP contribution >= 0.6 is 22.9 Å². The highest BCUT2D eigenvalue weighted by atomic mass is 35.5. The molecule has 0 bridgehead atoms. The van der Waals surface area contributed by atoms with Gasteiger partial charge in [-0.1, -0.05) is 84.4 Å². The van der Waals surface area contributed by atoms with Crippen molar-refractivity contribution in [2.24, 2.45) is 0 Å². The van der Waals surface area contributed by atoms with E-state index in [0.29, 0.717) is 18.6 Å². The molecule has 0 saturated heterocycles. The Kier molecular flexibility index (Phi) is 10.1. The van der Waals surface area contributed by atoms with Crippen molar-refractivity contribution >= 4 is 54.5 Å². The molecule has 0 spiro atoms. The molecule has 1 aliphatic rings. The number of fused-ring (bicyclic) bond motifs is 3. The van der Waals surface area contributed by atoms with Crippen LogP contribution in [0.5, 0.6) is 5.75 Å². The highest BCUT2D eigenvalue weighted by Crippen LogP contribution is 2.41. The number of nitrogens with zero attached hydrogens (tertiary/aromatic N) is 1. The van der Waals surface area contributed by atoms with Crippen LogP contribution in [0.2, 0.25) is 5.02 Å². The summed E-state index contributed by atoms with van der Waals surface area (Å²) in [5.41, 5.74) is 4.02. The minimum atomic E-state index is -3.68. The zero-order chi connectivity index (χ0) is 32.1. The van der Waals surface area contributed by atoms with Crippen LogP contribution in [0.4, 0.5) is 5.69 Å². The van der Waals surface area contributed by atoms with Crippen molar-refractivity contribution in [2.75, 3.05) is 23.7 Å². The normalized spacial score (nSPS) is 13.7. The molecule has 5 aromatic rings. The standard InChI is InChI=1S/C37H37ClN2O4S2/c1-46(42,43)40(25-26-11-4-2-5-12-26)33-23-28(19-20-31(33)38)34(41)24-39-32(27-13-6-3-7-14-27)21-22-44-35-17-10-16-30-29-15-8-9-18-36(29)45-37(30)35/h2-7,10-14,16-17,19-20,23,32,39H,8-9,15,18,21-22,24-25H2,1H3. The van der Waals surface area contributed by atoms with Crippen molar-refractivity contribution < 1.29 is 17.9 Å². The van der Waals surface area contributed by atoms with E-state index in [1.807, 2.05) is 72.0 Å². The summed E-state index contributed by atoms with van der Waals surface area (Å²) in [5.74, 6) is 0.751. The quantitative estimate of drug-likeness (QED) is 0.127. The van der Waals surface area contributed by atoms with Gasteiger partial charge in [0, 0.05) is 22.9 Å². The van der Waals surface area contributed by atoms with E-state index < -0.39 is 10.0 Å². The van der Waals surface area contributed by atoms with Gasteiger partial charge >= 0.3 is 0 Å². The van der Waals surface area contributed by atoms with Gasteiger partial charge in [-0.25, -0.2) is 8.42 Å². The number of ether oxygens (including phenoxy) is 1. The van der Waals surface area contributed by atoms with Crippen LogP contribution in [-0.4, -0.2) is 33.6 Å². The van der Waals surface area contributed by atoms with E-state index in [4.69, 9.17) is 16.3 Å². The zero-order valence-electron chi connectivity index (χ0n) is 25.7. The Bertz CT molecular complexity index is 1930. The number of anilines is 1. The molecule has 1 N–H and O–H groups in total. The average molecular weight is 673 g/mol. The topological polar surface area (TPSA) is 75.7 Å². The third kappa shape index (κ3) is 7.47. The lowest BCUT2D eigenvalue weighted by atomic mass is 9.96. The van der Waals surface area contributed by atoms with Gasteiger partial charge in [-0.05, 0) is 72.0 Å². The molecule has 6 rings (SSSR count). The number of nitrogens with one attached hydrogen (secondary N) is 1. The van der Waals surface area contributed by atoms with Crippen LogP contribution < -0.4 is 14.4 Å². The lowest BCUT2D eigenvalue weighted by Crippen LogP contribution is -2.31. The molecule has 0 aliphatic heterocycles. The number of hydrogen-bond donors (Lipinski definition) is 1. The van der Waals surface area contributed by atoms with E-state index in [1.165, 1.54) is 37.7 Å². The minimum Gasteiger partial charge on any atom is -0.492 e. The van der Waals surface area contributed by atoms with Crippen LogP contribution in [0.25, 0.3) is 10.1 Å². The number of benzene rings is 4. The maximum absolute atomic E-state index is 13.5. The van der Waals surface area contributed by atoms with Crippen molar-refractivity contribution in [1.29, 1.82) is 0 Å². The van der Waals surface area contributed by atoms with E-state index in [2.05, 4.69) is 23.5 Å². The maximum atomic E-state index is 13.5. The number of sulfonamides is 1. The smallest absolute Gasteiger partial charge is 0.232 e. The van der Waals surface area contributed by atoms with Gasteiger partial charge in [0.1, 0.15) is 5.75 Å². The lowest BCUT2D eigenvalue weighted by Gasteiger charge is -2.24. The zero-order valence-corrected chi connectivity index (χ0v) is 28.1. The third-order valence-corrected chi connectivity index (χ3v) is 11.2. The van der Waals surface area contributed by atoms with Crippen molar-refractivity contribution in [3.8, 4) is 5.75 Å². The molecule has 238 valence electrons. The summed E-state index contributed by atoms with van der Waals surface area (Å²) in [4.78, 5) is 15.0. The molecule has 4 aromatic carbocycles. The second-order valence-electron chi connectivity index (χ2n) is 11.7. The van der Waals surface area contributed by atoms with Gasteiger partial charge in [0.15, 0.2) is 5.78 Å². The second-order valence-corrected chi connectivity index (χ2v) is 15.1. The minimum absolute atomic E-state index is 0.0609. The van der Waals surface area contributed by atoms with Crippen LogP contribution in [0.1, 0.15) is 57.2 Å². The van der Waals surface area contributed by atoms with Gasteiger partial charge in [0.05, 0.1) is 41.4 Å². The molecule has 1 atom stereocenters. The number of carbonyl (C=O) groups excluding carboxylic acids is 1. The summed E-state index contributed by atoms with van der Waals surface area (Å²) < 4.78 is 34.5. The number of carbonyl (C=O) groups is 1. The molecular weight excluding hydrogens is 636 g/mol. The predicted octanol–water partition coefficient (Wildman–Crippen LogP) is 8.38. The Labute approximate surface area is 280 Å². The Balaban J connectivity index is 1.16. The van der Waals surface area contributed by atoms with Gasteiger partial charge < -0.3 is 10.1 Å². The summed E-state index contributed by atoms with van der Waals surface area (Å²) in [6.45, 7) is 0.648. The van der Waals surface area contributed by atoms with Crippen LogP contribution in [0.3, 0.4) is 0 Å². The summed E-state index contributed by atoms with van der Waals surface area (Å²) in [6.07, 6.45) is 6.58. The molecule has 46 heavy (non-hydrogen) atoms. The molecule has 0 fully saturated rings. The molecule has 0 amide bonds. The van der Waals surface area contributed by atoms with E-state index in [0.717, 1.165) is 36.0 Å². The molecule has 0 saturated carbocycles. The molecular formula is C37H37ClN2O4S2. The Morgan fingerprint density at radius 2 is 1.70 bits per heavy atom. The molecule has 0 radical (unpaired) electrons. The first-order chi connectivity index (χ1) is 22.3. The van der Waals surface area contributed by atoms with E-state index in [-0.39, 0.29) is 35.6 Å². The first-order valence-corrected chi connectivity index (χ1v) is 18.6.